The average Bonchev–Trinajstić information content (AvgIpc) is 2.36. The Morgan fingerprint density at radius 1 is 1.41 bits per heavy atom. The molecule has 0 bridgehead atoms. The third-order valence-corrected chi connectivity index (χ3v) is 3.83. The van der Waals surface area contributed by atoms with Gasteiger partial charge in [-0.1, -0.05) is 0 Å². The summed E-state index contributed by atoms with van der Waals surface area (Å²) in [4.78, 5) is 12.3. The Morgan fingerprint density at radius 2 is 2.09 bits per heavy atom. The highest BCUT2D eigenvalue weighted by Gasteiger charge is 2.20. The minimum atomic E-state index is -2.50. The summed E-state index contributed by atoms with van der Waals surface area (Å²) < 4.78 is 37.9. The van der Waals surface area contributed by atoms with Gasteiger partial charge >= 0.3 is 6.03 Å². The van der Waals surface area contributed by atoms with E-state index in [9.17, 15) is 18.0 Å². The first-order chi connectivity index (χ1) is 10.2. The summed E-state index contributed by atoms with van der Waals surface area (Å²) in [5, 5.41) is 14.0. The van der Waals surface area contributed by atoms with E-state index >= 15 is 0 Å². The number of hydrogen-bond donors (Lipinski definition) is 3. The lowest BCUT2D eigenvalue weighted by atomic mass is 10.0. The van der Waals surface area contributed by atoms with Crippen LogP contribution in [0.2, 0.25) is 0 Å². The van der Waals surface area contributed by atoms with E-state index in [0.717, 1.165) is 23.9 Å². The van der Waals surface area contributed by atoms with Gasteiger partial charge in [0.05, 0.1) is 11.4 Å². The predicted molar refractivity (Wildman–Crippen MR) is 81.1 cm³/mol. The van der Waals surface area contributed by atoms with Crippen molar-refractivity contribution in [1.29, 1.82) is 0 Å². The molecule has 0 saturated heterocycles. The number of rotatable bonds is 7. The van der Waals surface area contributed by atoms with Crippen molar-refractivity contribution < 1.29 is 23.1 Å². The third-order valence-electron chi connectivity index (χ3n) is 2.74. The number of amides is 2. The van der Waals surface area contributed by atoms with Gasteiger partial charge in [0.1, 0.15) is 5.82 Å². The molecule has 0 spiro atoms. The lowest BCUT2D eigenvalue weighted by Gasteiger charge is -2.25. The van der Waals surface area contributed by atoms with Crippen molar-refractivity contribution in [2.75, 3.05) is 17.7 Å². The van der Waals surface area contributed by atoms with Crippen molar-refractivity contribution in [3.8, 4) is 0 Å². The number of aliphatic hydroxyl groups is 1. The molecule has 22 heavy (non-hydrogen) atoms. The molecule has 124 valence electrons. The molecule has 1 aromatic carbocycles. The number of anilines is 1. The molecule has 0 aliphatic heterocycles. The van der Waals surface area contributed by atoms with Crippen LogP contribution in [0.4, 0.5) is 23.7 Å². The van der Waals surface area contributed by atoms with Crippen molar-refractivity contribution in [2.24, 2.45) is 0 Å². The summed E-state index contributed by atoms with van der Waals surface area (Å²) in [7, 11) is 0. The van der Waals surface area contributed by atoms with E-state index < -0.39 is 29.6 Å². The number of carbonyl (C=O) groups is 1. The van der Waals surface area contributed by atoms with Gasteiger partial charge in [0.25, 0.3) is 0 Å². The highest BCUT2D eigenvalue weighted by Crippen LogP contribution is 2.29. The van der Waals surface area contributed by atoms with E-state index in [0.29, 0.717) is 11.3 Å². The monoisotopic (exact) mass is 336 g/mol. The summed E-state index contributed by atoms with van der Waals surface area (Å²) >= 11 is 0.835. The predicted octanol–water partition coefficient (Wildman–Crippen LogP) is 3.47. The number of urea groups is 1. The van der Waals surface area contributed by atoms with Crippen molar-refractivity contribution in [2.45, 2.75) is 37.1 Å². The highest BCUT2D eigenvalue weighted by atomic mass is 32.2. The summed E-state index contributed by atoms with van der Waals surface area (Å²) in [6.45, 7) is 3.35. The fraction of sp³-hybridized carbons (Fsp3) is 0.500. The Morgan fingerprint density at radius 3 is 2.68 bits per heavy atom. The molecule has 8 heteroatoms. The van der Waals surface area contributed by atoms with Gasteiger partial charge in [-0.25, -0.2) is 18.0 Å². The third kappa shape index (κ3) is 6.57. The number of carbonyl (C=O) groups excluding carboxylic acids is 1. The SMILES string of the molecule is CC(C)(CCO)NC(=O)Nc1cc(F)ccc1SCC(F)F. The Balaban J connectivity index is 2.78. The largest absolute Gasteiger partial charge is 0.396 e. The van der Waals surface area contributed by atoms with Crippen molar-refractivity contribution in [3.63, 3.8) is 0 Å². The van der Waals surface area contributed by atoms with Gasteiger partial charge in [0, 0.05) is 17.0 Å². The second-order valence-corrected chi connectivity index (χ2v) is 6.34. The van der Waals surface area contributed by atoms with Crippen LogP contribution in [0.1, 0.15) is 20.3 Å². The van der Waals surface area contributed by atoms with Crippen LogP contribution in [0.15, 0.2) is 23.1 Å². The van der Waals surface area contributed by atoms with Gasteiger partial charge in [-0.05, 0) is 38.5 Å². The standard InChI is InChI=1S/C14H19F3N2O2S/c1-14(2,5-6-20)19-13(21)18-10-7-9(15)3-4-11(10)22-8-12(16)17/h3-4,7,12,20H,5-6,8H2,1-2H3,(H2,18,19,21). The summed E-state index contributed by atoms with van der Waals surface area (Å²) in [6, 6.07) is 2.97. The fourth-order valence-electron chi connectivity index (χ4n) is 1.68. The fourth-order valence-corrected chi connectivity index (χ4v) is 2.42. The molecule has 3 N–H and O–H groups in total. The average molecular weight is 336 g/mol. The summed E-state index contributed by atoms with van der Waals surface area (Å²) in [5.74, 6) is -1.02. The number of aliphatic hydroxyl groups excluding tert-OH is 1. The minimum absolute atomic E-state index is 0.0945. The molecule has 0 heterocycles. The molecular weight excluding hydrogens is 317 g/mol. The van der Waals surface area contributed by atoms with Gasteiger partial charge in [0.2, 0.25) is 6.43 Å². The van der Waals surface area contributed by atoms with Crippen molar-refractivity contribution in [3.05, 3.63) is 24.0 Å². The number of alkyl halides is 2. The molecule has 0 radical (unpaired) electrons. The van der Waals surface area contributed by atoms with Gasteiger partial charge in [-0.15, -0.1) is 11.8 Å². The number of thioether (sulfide) groups is 1. The van der Waals surface area contributed by atoms with Crippen molar-refractivity contribution in [1.82, 2.24) is 5.32 Å². The highest BCUT2D eigenvalue weighted by molar-refractivity contribution is 7.99. The van der Waals surface area contributed by atoms with E-state index in [2.05, 4.69) is 10.6 Å². The number of benzene rings is 1. The van der Waals surface area contributed by atoms with E-state index in [1.54, 1.807) is 13.8 Å². The van der Waals surface area contributed by atoms with Crippen LogP contribution in [0.3, 0.4) is 0 Å². The lowest BCUT2D eigenvalue weighted by molar-refractivity contribution is 0.177. The van der Waals surface area contributed by atoms with Crippen LogP contribution < -0.4 is 10.6 Å². The molecule has 0 saturated carbocycles. The molecule has 0 unspecified atom stereocenters. The number of hydrogen-bond acceptors (Lipinski definition) is 3. The molecule has 0 aromatic heterocycles. The second-order valence-electron chi connectivity index (χ2n) is 5.28. The number of halogens is 3. The first-order valence-electron chi connectivity index (χ1n) is 6.64. The smallest absolute Gasteiger partial charge is 0.319 e. The zero-order valence-electron chi connectivity index (χ0n) is 12.3. The first kappa shape index (κ1) is 18.6. The Labute approximate surface area is 131 Å². The van der Waals surface area contributed by atoms with E-state index in [4.69, 9.17) is 5.11 Å². The number of nitrogens with one attached hydrogen (secondary N) is 2. The van der Waals surface area contributed by atoms with Crippen LogP contribution in [0.25, 0.3) is 0 Å². The summed E-state index contributed by atoms with van der Waals surface area (Å²) in [6.07, 6.45) is -2.16. The van der Waals surface area contributed by atoms with Gasteiger partial charge in [-0.3, -0.25) is 0 Å². The molecule has 0 atom stereocenters. The maximum Gasteiger partial charge on any atom is 0.319 e. The quantitative estimate of drug-likeness (QED) is 0.668. The second kappa shape index (κ2) is 8.28. The maximum absolute atomic E-state index is 13.3. The molecule has 1 aromatic rings. The molecule has 4 nitrogen and oxygen atoms in total. The zero-order chi connectivity index (χ0) is 16.8. The Hall–Kier alpha value is -1.41. The topological polar surface area (TPSA) is 61.4 Å². The van der Waals surface area contributed by atoms with Gasteiger partial charge < -0.3 is 15.7 Å². The molecule has 0 aliphatic carbocycles. The van der Waals surface area contributed by atoms with Crippen LogP contribution in [0.5, 0.6) is 0 Å². The molecular formula is C14H19F3N2O2S. The lowest BCUT2D eigenvalue weighted by Crippen LogP contribution is -2.46. The van der Waals surface area contributed by atoms with Crippen LogP contribution in [-0.4, -0.2) is 35.5 Å². The van der Waals surface area contributed by atoms with Gasteiger partial charge in [-0.2, -0.15) is 0 Å². The van der Waals surface area contributed by atoms with E-state index in [1.165, 1.54) is 6.07 Å². The Bertz CT molecular complexity index is 513. The molecule has 0 fully saturated rings. The normalized spacial score (nSPS) is 11.6. The van der Waals surface area contributed by atoms with Crippen LogP contribution in [-0.2, 0) is 0 Å². The van der Waals surface area contributed by atoms with Crippen molar-refractivity contribution >= 4 is 23.5 Å². The van der Waals surface area contributed by atoms with E-state index in [1.807, 2.05) is 0 Å². The zero-order valence-corrected chi connectivity index (χ0v) is 13.1. The van der Waals surface area contributed by atoms with Crippen LogP contribution in [0, 0.1) is 5.82 Å². The minimum Gasteiger partial charge on any atom is -0.396 e. The summed E-state index contributed by atoms with van der Waals surface area (Å²) in [5.41, 5.74) is -0.523. The molecule has 0 aliphatic rings. The first-order valence-corrected chi connectivity index (χ1v) is 7.62. The maximum atomic E-state index is 13.3. The molecule has 2 amide bonds. The molecule has 1 rings (SSSR count). The van der Waals surface area contributed by atoms with E-state index in [-0.39, 0.29) is 12.3 Å². The van der Waals surface area contributed by atoms with Gasteiger partial charge in [0.15, 0.2) is 0 Å². The van der Waals surface area contributed by atoms with Crippen LogP contribution >= 0.6 is 11.8 Å². The Kier molecular flexibility index (Phi) is 7.02.